The minimum absolute atomic E-state index is 0.0410. The molecule has 2 aromatic carbocycles. The molecule has 2 rings (SSSR count). The second-order valence-electron chi connectivity index (χ2n) is 6.82. The first-order valence-corrected chi connectivity index (χ1v) is 9.45. The van der Waals surface area contributed by atoms with Crippen molar-refractivity contribution >= 4 is 29.3 Å². The van der Waals surface area contributed by atoms with Crippen molar-refractivity contribution in [3.8, 4) is 0 Å². The number of aldehydes is 1. The third-order valence-corrected chi connectivity index (χ3v) is 4.48. The molecule has 0 heterocycles. The molecule has 2 aromatic rings. The normalized spacial score (nSPS) is 12.4. The molecule has 0 saturated heterocycles. The Bertz CT molecular complexity index is 1030. The first-order valence-electron chi connectivity index (χ1n) is 9.45. The molecule has 0 bridgehead atoms. The van der Waals surface area contributed by atoms with Gasteiger partial charge in [0.05, 0.1) is 11.4 Å². The molecule has 154 valence electrons. The summed E-state index contributed by atoms with van der Waals surface area (Å²) in [5, 5.41) is 6.42. The van der Waals surface area contributed by atoms with E-state index in [9.17, 15) is 9.59 Å². The fourth-order valence-electron chi connectivity index (χ4n) is 2.93. The van der Waals surface area contributed by atoms with Gasteiger partial charge in [0.2, 0.25) is 0 Å². The molecule has 6 nitrogen and oxygen atoms in total. The first-order chi connectivity index (χ1) is 14.4. The lowest BCUT2D eigenvalue weighted by molar-refractivity contribution is -0.114. The lowest BCUT2D eigenvalue weighted by Crippen LogP contribution is -2.35. The van der Waals surface area contributed by atoms with Gasteiger partial charge >= 0.3 is 0 Å². The molecular formula is C24H26N4O2. The number of nitrogens with one attached hydrogen (secondary N) is 1. The molecule has 0 radical (unpaired) electrons. The fraction of sp³-hybridized carbons (Fsp3) is 0.167. The highest BCUT2D eigenvalue weighted by Crippen LogP contribution is 2.22. The highest BCUT2D eigenvalue weighted by molar-refractivity contribution is 6.66. The number of nitrogens with two attached hydrogens (primary N) is 1. The van der Waals surface area contributed by atoms with E-state index in [0.717, 1.165) is 28.5 Å². The maximum absolute atomic E-state index is 12.6. The first kappa shape index (κ1) is 22.5. The average molecular weight is 402 g/mol. The van der Waals surface area contributed by atoms with Crippen molar-refractivity contribution in [3.63, 3.8) is 0 Å². The van der Waals surface area contributed by atoms with Crippen LogP contribution in [0, 0.1) is 13.8 Å². The van der Waals surface area contributed by atoms with Gasteiger partial charge in [-0.15, -0.1) is 0 Å². The zero-order valence-corrected chi connectivity index (χ0v) is 17.5. The molecule has 3 N–H and O–H groups in total. The molecular weight excluding hydrogens is 376 g/mol. The Morgan fingerprint density at radius 3 is 2.43 bits per heavy atom. The number of aryl methyl sites for hydroxylation is 2. The number of aliphatic imine (C=N–C) groups is 1. The van der Waals surface area contributed by atoms with Gasteiger partial charge in [0.1, 0.15) is 6.29 Å². The fourth-order valence-corrected chi connectivity index (χ4v) is 2.93. The molecule has 0 unspecified atom stereocenters. The monoisotopic (exact) mass is 402 g/mol. The second-order valence-corrected chi connectivity index (χ2v) is 6.82. The van der Waals surface area contributed by atoms with Crippen LogP contribution in [0.2, 0.25) is 0 Å². The van der Waals surface area contributed by atoms with E-state index in [1.54, 1.807) is 43.3 Å². The van der Waals surface area contributed by atoms with Gasteiger partial charge in [0, 0.05) is 17.7 Å². The smallest absolute Gasteiger partial charge is 0.273 e. The number of nitrogens with zero attached hydrogens (tertiary/aromatic N) is 2. The molecule has 0 spiro atoms. The summed E-state index contributed by atoms with van der Waals surface area (Å²) < 4.78 is 0. The predicted octanol–water partition coefficient (Wildman–Crippen LogP) is 3.73. The summed E-state index contributed by atoms with van der Waals surface area (Å²) in [5.74, 6) is 5.05. The summed E-state index contributed by atoms with van der Waals surface area (Å²) in [4.78, 5) is 27.9. The van der Waals surface area contributed by atoms with Crippen molar-refractivity contribution in [2.24, 2.45) is 15.9 Å². The Hall–Kier alpha value is -3.80. The van der Waals surface area contributed by atoms with Crippen LogP contribution in [-0.2, 0) is 11.3 Å². The largest absolute Gasteiger partial charge is 0.347 e. The van der Waals surface area contributed by atoms with Crippen molar-refractivity contribution in [3.05, 3.63) is 89.0 Å². The number of carbonyl (C=O) groups is 2. The second kappa shape index (κ2) is 10.7. The predicted molar refractivity (Wildman–Crippen MR) is 122 cm³/mol. The van der Waals surface area contributed by atoms with Crippen LogP contribution in [0.25, 0.3) is 5.70 Å². The third kappa shape index (κ3) is 5.85. The maximum atomic E-state index is 12.6. The zero-order valence-electron chi connectivity index (χ0n) is 17.5. The highest BCUT2D eigenvalue weighted by Gasteiger charge is 2.16. The van der Waals surface area contributed by atoms with Gasteiger partial charge in [-0.3, -0.25) is 14.6 Å². The van der Waals surface area contributed by atoms with Crippen molar-refractivity contribution in [1.29, 1.82) is 0 Å². The van der Waals surface area contributed by atoms with Crippen LogP contribution in [0.1, 0.15) is 39.5 Å². The van der Waals surface area contributed by atoms with Crippen LogP contribution in [-0.4, -0.2) is 23.6 Å². The standard InChI is InChI=1S/C24H26N4O2/c1-5-6-22(21-12-7-16(2)13-17(21)3)27-18(4)23(28-25)24(30)26-14-19-8-10-20(15-29)11-9-19/h5-13,15H,1,14,25H2,2-4H3,(H,26,30). The number of benzene rings is 2. The van der Waals surface area contributed by atoms with Gasteiger partial charge in [-0.1, -0.05) is 60.7 Å². The van der Waals surface area contributed by atoms with E-state index in [-0.39, 0.29) is 12.3 Å². The molecule has 0 saturated carbocycles. The number of amides is 1. The lowest BCUT2D eigenvalue weighted by atomic mass is 10.0. The Morgan fingerprint density at radius 1 is 1.17 bits per heavy atom. The van der Waals surface area contributed by atoms with E-state index in [0.29, 0.717) is 17.0 Å². The topological polar surface area (TPSA) is 96.9 Å². The summed E-state index contributed by atoms with van der Waals surface area (Å²) >= 11 is 0. The minimum atomic E-state index is -0.434. The molecule has 0 atom stereocenters. The maximum Gasteiger partial charge on any atom is 0.273 e. The van der Waals surface area contributed by atoms with Crippen LogP contribution >= 0.6 is 0 Å². The molecule has 0 aliphatic carbocycles. The molecule has 0 aliphatic heterocycles. The van der Waals surface area contributed by atoms with Crippen molar-refractivity contribution < 1.29 is 9.59 Å². The van der Waals surface area contributed by atoms with Crippen LogP contribution < -0.4 is 11.2 Å². The van der Waals surface area contributed by atoms with E-state index in [1.165, 1.54) is 0 Å². The highest BCUT2D eigenvalue weighted by atomic mass is 16.2. The van der Waals surface area contributed by atoms with Gasteiger partial charge in [0.25, 0.3) is 5.91 Å². The van der Waals surface area contributed by atoms with Gasteiger partial charge in [-0.25, -0.2) is 0 Å². The number of hydrogen-bond donors (Lipinski definition) is 2. The van der Waals surface area contributed by atoms with E-state index < -0.39 is 5.91 Å². The van der Waals surface area contributed by atoms with Crippen molar-refractivity contribution in [2.75, 3.05) is 0 Å². The number of hydrogen-bond acceptors (Lipinski definition) is 5. The van der Waals surface area contributed by atoms with E-state index in [4.69, 9.17) is 5.84 Å². The van der Waals surface area contributed by atoms with E-state index >= 15 is 0 Å². The van der Waals surface area contributed by atoms with Gasteiger partial charge < -0.3 is 11.2 Å². The summed E-state index contributed by atoms with van der Waals surface area (Å²) in [6, 6.07) is 13.0. The molecule has 0 aromatic heterocycles. The lowest BCUT2D eigenvalue weighted by Gasteiger charge is -2.11. The summed E-state index contributed by atoms with van der Waals surface area (Å²) in [6.07, 6.45) is 4.20. The van der Waals surface area contributed by atoms with Crippen LogP contribution in [0.4, 0.5) is 0 Å². The Kier molecular flexibility index (Phi) is 7.99. The van der Waals surface area contributed by atoms with Crippen LogP contribution in [0.15, 0.2) is 71.3 Å². The molecule has 6 heteroatoms. The molecule has 30 heavy (non-hydrogen) atoms. The van der Waals surface area contributed by atoms with Crippen LogP contribution in [0.5, 0.6) is 0 Å². The quantitative estimate of drug-likeness (QED) is 0.231. The van der Waals surface area contributed by atoms with Gasteiger partial charge in [0.15, 0.2) is 5.71 Å². The van der Waals surface area contributed by atoms with Crippen molar-refractivity contribution in [1.82, 2.24) is 5.32 Å². The van der Waals surface area contributed by atoms with E-state index in [2.05, 4.69) is 28.1 Å². The third-order valence-electron chi connectivity index (χ3n) is 4.48. The number of rotatable bonds is 8. The summed E-state index contributed by atoms with van der Waals surface area (Å²) in [6.45, 7) is 9.74. The van der Waals surface area contributed by atoms with Gasteiger partial charge in [-0.2, -0.15) is 5.10 Å². The van der Waals surface area contributed by atoms with E-state index in [1.807, 2.05) is 26.0 Å². The Morgan fingerprint density at radius 2 is 1.87 bits per heavy atom. The Balaban J connectivity index is 2.21. The summed E-state index contributed by atoms with van der Waals surface area (Å²) in [7, 11) is 0. The molecule has 1 amide bonds. The SMILES string of the molecule is C=CC=C(N=C(C)C(=NN)C(=O)NCc1ccc(C=O)cc1)c1ccc(C)cc1C. The average Bonchev–Trinajstić information content (AvgIpc) is 2.73. The minimum Gasteiger partial charge on any atom is -0.347 e. The molecule has 0 aliphatic rings. The number of carbonyl (C=O) groups excluding carboxylic acids is 2. The number of hydrazone groups is 1. The van der Waals surface area contributed by atoms with Crippen LogP contribution in [0.3, 0.4) is 0 Å². The van der Waals surface area contributed by atoms with Crippen molar-refractivity contribution in [2.45, 2.75) is 27.3 Å². The molecule has 0 fully saturated rings. The zero-order chi connectivity index (χ0) is 22.1. The van der Waals surface area contributed by atoms with Gasteiger partial charge in [-0.05, 0) is 38.0 Å². The Labute approximate surface area is 176 Å². The summed E-state index contributed by atoms with van der Waals surface area (Å²) in [5.41, 5.74) is 5.67. The number of allylic oxidation sites excluding steroid dienone is 2.